The number of carbonyl (C=O) groups is 3. The number of rotatable bonds is 5. The molecule has 1 aromatic rings. The van der Waals surface area contributed by atoms with Gasteiger partial charge in [-0.3, -0.25) is 9.59 Å². The lowest BCUT2D eigenvalue weighted by molar-refractivity contribution is -0.123. The van der Waals surface area contributed by atoms with Gasteiger partial charge in [0.2, 0.25) is 0 Å². The number of amides is 2. The first-order valence-electron chi connectivity index (χ1n) is 10.7. The predicted molar refractivity (Wildman–Crippen MR) is 120 cm³/mol. The Kier molecular flexibility index (Phi) is 13.4. The number of nitrogens with one attached hydrogen (secondary N) is 1. The van der Waals surface area contributed by atoms with Gasteiger partial charge in [0.05, 0.1) is 0 Å². The van der Waals surface area contributed by atoms with Crippen LogP contribution in [-0.4, -0.2) is 108 Å². The highest BCUT2D eigenvalue weighted by molar-refractivity contribution is 5.74. The summed E-state index contributed by atoms with van der Waals surface area (Å²) in [4.78, 5) is 40.1. The van der Waals surface area contributed by atoms with E-state index in [1.54, 1.807) is 0 Å². The summed E-state index contributed by atoms with van der Waals surface area (Å²) in [6.45, 7) is 8.57. The summed E-state index contributed by atoms with van der Waals surface area (Å²) >= 11 is 0. The number of hydrogen-bond donors (Lipinski definition) is 4. The average molecular weight is 454 g/mol. The molecule has 2 saturated heterocycles. The largest absolute Gasteiger partial charge is 0.483 e. The number of aliphatic hydroxyl groups is 1. The van der Waals surface area contributed by atoms with E-state index in [9.17, 15) is 9.90 Å². The Morgan fingerprint density at radius 3 is 2.25 bits per heavy atom. The number of carbonyl (C=O) groups excluding carboxylic acids is 1. The molecule has 0 aliphatic carbocycles. The Bertz CT molecular complexity index is 670. The van der Waals surface area contributed by atoms with Gasteiger partial charge < -0.3 is 35.3 Å². The van der Waals surface area contributed by atoms with Crippen molar-refractivity contribution in [1.29, 1.82) is 0 Å². The number of aryl methyl sites for hydroxylation is 1. The van der Waals surface area contributed by atoms with Crippen LogP contribution in [0, 0.1) is 12.8 Å². The molecule has 180 valence electrons. The summed E-state index contributed by atoms with van der Waals surface area (Å²) in [6, 6.07) is 4.06. The molecule has 3 rings (SSSR count). The van der Waals surface area contributed by atoms with Crippen molar-refractivity contribution < 1.29 is 29.7 Å². The molecule has 0 saturated carbocycles. The quantitative estimate of drug-likeness (QED) is 0.463. The van der Waals surface area contributed by atoms with Crippen LogP contribution in [0.1, 0.15) is 18.4 Å². The molecule has 3 heterocycles. The second-order valence-corrected chi connectivity index (χ2v) is 7.53. The van der Waals surface area contributed by atoms with Crippen molar-refractivity contribution in [3.05, 3.63) is 23.9 Å². The molecule has 4 N–H and O–H groups in total. The number of hydrogen-bond acceptors (Lipinski definition) is 7. The van der Waals surface area contributed by atoms with Gasteiger partial charge in [-0.1, -0.05) is 6.07 Å². The van der Waals surface area contributed by atoms with Crippen LogP contribution >= 0.6 is 0 Å². The Morgan fingerprint density at radius 1 is 1.12 bits per heavy atom. The number of nitrogens with zero attached hydrogens (tertiary/aromatic N) is 4. The number of piperazine rings is 1. The standard InChI is InChI=1S/C19H31N5O2.2CH2O2/c1-16-3-2-6-20-18(16)23-11-13-24(14-12-23)19(26)21-7-10-22-8-4-17(15-25)5-9-22;2*2-1-3/h2-3,6,17,25H,4-5,7-15H2,1H3,(H,21,26);2*1H,(H,2,3). The van der Waals surface area contributed by atoms with E-state index in [2.05, 4.69) is 33.1 Å². The van der Waals surface area contributed by atoms with Gasteiger partial charge in [-0.15, -0.1) is 0 Å². The van der Waals surface area contributed by atoms with E-state index in [0.29, 0.717) is 19.1 Å². The Hall–Kier alpha value is -2.92. The number of piperidine rings is 1. The molecule has 0 radical (unpaired) electrons. The van der Waals surface area contributed by atoms with Gasteiger partial charge in [0, 0.05) is 52.1 Å². The average Bonchev–Trinajstić information content (AvgIpc) is 2.81. The molecule has 11 nitrogen and oxygen atoms in total. The SMILES string of the molecule is Cc1cccnc1N1CCN(C(=O)NCCN2CCC(CO)CC2)CC1.O=CO.O=CO. The van der Waals surface area contributed by atoms with Crippen molar-refractivity contribution in [2.75, 3.05) is 63.9 Å². The van der Waals surface area contributed by atoms with Crippen LogP contribution in [-0.2, 0) is 9.59 Å². The summed E-state index contributed by atoms with van der Waals surface area (Å²) in [5, 5.41) is 26.0. The fourth-order valence-corrected chi connectivity index (χ4v) is 3.76. The summed E-state index contributed by atoms with van der Waals surface area (Å²) < 4.78 is 0. The van der Waals surface area contributed by atoms with Gasteiger partial charge in [-0.2, -0.15) is 0 Å². The first kappa shape index (κ1) is 27.1. The highest BCUT2D eigenvalue weighted by Crippen LogP contribution is 2.18. The zero-order valence-corrected chi connectivity index (χ0v) is 18.6. The van der Waals surface area contributed by atoms with Crippen LogP contribution < -0.4 is 10.2 Å². The van der Waals surface area contributed by atoms with E-state index < -0.39 is 0 Å². The molecule has 0 aromatic carbocycles. The Morgan fingerprint density at radius 2 is 1.72 bits per heavy atom. The zero-order valence-electron chi connectivity index (χ0n) is 18.6. The van der Waals surface area contributed by atoms with Crippen molar-refractivity contribution in [3.63, 3.8) is 0 Å². The summed E-state index contributed by atoms with van der Waals surface area (Å²) in [5.74, 6) is 1.48. The van der Waals surface area contributed by atoms with Crippen LogP contribution in [0.25, 0.3) is 0 Å². The van der Waals surface area contributed by atoms with E-state index in [4.69, 9.17) is 19.8 Å². The number of anilines is 1. The molecule has 32 heavy (non-hydrogen) atoms. The van der Waals surface area contributed by atoms with Gasteiger partial charge in [-0.25, -0.2) is 9.78 Å². The first-order valence-corrected chi connectivity index (χ1v) is 10.7. The molecule has 1 aromatic heterocycles. The van der Waals surface area contributed by atoms with Crippen molar-refractivity contribution in [3.8, 4) is 0 Å². The third kappa shape index (κ3) is 9.48. The summed E-state index contributed by atoms with van der Waals surface area (Å²) in [5.41, 5.74) is 1.18. The van der Waals surface area contributed by atoms with E-state index >= 15 is 0 Å². The molecule has 11 heteroatoms. The van der Waals surface area contributed by atoms with Gasteiger partial charge in [-0.05, 0) is 50.4 Å². The number of aromatic nitrogens is 1. The molecule has 2 fully saturated rings. The molecular formula is C21H35N5O6. The van der Waals surface area contributed by atoms with Crippen molar-refractivity contribution in [2.24, 2.45) is 5.92 Å². The number of carboxylic acid groups (broad SMARTS) is 2. The van der Waals surface area contributed by atoms with Gasteiger partial charge in [0.15, 0.2) is 0 Å². The van der Waals surface area contributed by atoms with E-state index in [0.717, 1.165) is 64.5 Å². The van der Waals surface area contributed by atoms with Gasteiger partial charge >= 0.3 is 6.03 Å². The van der Waals surface area contributed by atoms with Crippen molar-refractivity contribution >= 4 is 24.8 Å². The molecule has 2 aliphatic rings. The third-order valence-electron chi connectivity index (χ3n) is 5.52. The fraction of sp³-hybridized carbons (Fsp3) is 0.619. The lowest BCUT2D eigenvalue weighted by Crippen LogP contribution is -2.53. The highest BCUT2D eigenvalue weighted by atomic mass is 16.3. The van der Waals surface area contributed by atoms with E-state index in [-0.39, 0.29) is 19.0 Å². The van der Waals surface area contributed by atoms with Crippen molar-refractivity contribution in [1.82, 2.24) is 20.1 Å². The third-order valence-corrected chi connectivity index (χ3v) is 5.52. The smallest absolute Gasteiger partial charge is 0.317 e. The zero-order chi connectivity index (χ0) is 23.8. The van der Waals surface area contributed by atoms with Crippen LogP contribution in [0.2, 0.25) is 0 Å². The number of urea groups is 1. The van der Waals surface area contributed by atoms with Crippen LogP contribution in [0.4, 0.5) is 10.6 Å². The minimum atomic E-state index is -0.250. The van der Waals surface area contributed by atoms with Crippen LogP contribution in [0.5, 0.6) is 0 Å². The van der Waals surface area contributed by atoms with Crippen LogP contribution in [0.15, 0.2) is 18.3 Å². The topological polar surface area (TPSA) is 147 Å². The maximum absolute atomic E-state index is 12.4. The molecule has 0 bridgehead atoms. The molecular weight excluding hydrogens is 418 g/mol. The number of likely N-dealkylation sites (tertiary alicyclic amines) is 1. The lowest BCUT2D eigenvalue weighted by Gasteiger charge is -2.36. The van der Waals surface area contributed by atoms with Gasteiger partial charge in [0.1, 0.15) is 5.82 Å². The maximum Gasteiger partial charge on any atom is 0.317 e. The van der Waals surface area contributed by atoms with E-state index in [1.165, 1.54) is 5.56 Å². The first-order chi connectivity index (χ1) is 15.5. The summed E-state index contributed by atoms with van der Waals surface area (Å²) in [7, 11) is 0. The molecule has 0 spiro atoms. The lowest BCUT2D eigenvalue weighted by atomic mass is 9.98. The Balaban J connectivity index is 0.000000769. The monoisotopic (exact) mass is 453 g/mol. The minimum Gasteiger partial charge on any atom is -0.483 e. The molecule has 2 amide bonds. The predicted octanol–water partition coefficient (Wildman–Crippen LogP) is 0.328. The second kappa shape index (κ2) is 15.8. The summed E-state index contributed by atoms with van der Waals surface area (Å²) in [6.07, 6.45) is 3.93. The van der Waals surface area contributed by atoms with Crippen LogP contribution in [0.3, 0.4) is 0 Å². The molecule has 0 unspecified atom stereocenters. The number of pyridine rings is 1. The highest BCUT2D eigenvalue weighted by Gasteiger charge is 2.23. The fourth-order valence-electron chi connectivity index (χ4n) is 3.76. The maximum atomic E-state index is 12.4. The van der Waals surface area contributed by atoms with E-state index in [1.807, 2.05) is 17.2 Å². The minimum absolute atomic E-state index is 0.0348. The van der Waals surface area contributed by atoms with Gasteiger partial charge in [0.25, 0.3) is 12.9 Å². The molecule has 2 aliphatic heterocycles. The molecule has 0 atom stereocenters. The normalized spacial score (nSPS) is 16.7. The Labute approximate surface area is 188 Å². The second-order valence-electron chi connectivity index (χ2n) is 7.53. The number of aliphatic hydroxyl groups excluding tert-OH is 1. The van der Waals surface area contributed by atoms with Crippen molar-refractivity contribution in [2.45, 2.75) is 19.8 Å².